The van der Waals surface area contributed by atoms with Gasteiger partial charge >= 0.3 is 0 Å². The number of nitrogens with two attached hydrogens (primary N) is 1. The molecule has 0 atom stereocenters. The molecule has 9 heteroatoms. The van der Waals surface area contributed by atoms with Gasteiger partial charge < -0.3 is 11.1 Å². The second-order valence-corrected chi connectivity index (χ2v) is 6.98. The quantitative estimate of drug-likeness (QED) is 0.747. The molecule has 0 aliphatic carbocycles. The van der Waals surface area contributed by atoms with Crippen LogP contribution in [0.3, 0.4) is 0 Å². The van der Waals surface area contributed by atoms with Gasteiger partial charge in [0.05, 0.1) is 17.5 Å². The smallest absolute Gasteiger partial charge is 0.253 e. The van der Waals surface area contributed by atoms with Crippen molar-refractivity contribution in [2.45, 2.75) is 19.4 Å². The zero-order chi connectivity index (χ0) is 15.6. The van der Waals surface area contributed by atoms with Crippen LogP contribution in [0.15, 0.2) is 18.2 Å². The van der Waals surface area contributed by atoms with Crippen LogP contribution in [0.2, 0.25) is 0 Å². The van der Waals surface area contributed by atoms with Crippen LogP contribution in [0.1, 0.15) is 24.2 Å². The maximum atomic E-state index is 13.2. The molecule has 0 radical (unpaired) electrons. The molecule has 0 saturated heterocycles. The molecular weight excluding hydrogens is 321 g/mol. The van der Waals surface area contributed by atoms with Crippen molar-refractivity contribution >= 4 is 34.0 Å². The van der Waals surface area contributed by atoms with Crippen molar-refractivity contribution < 1.29 is 17.6 Å². The Kier molecular flexibility index (Phi) is 6.59. The maximum Gasteiger partial charge on any atom is 0.253 e. The van der Waals surface area contributed by atoms with Gasteiger partial charge in [-0.05, 0) is 32.0 Å². The first-order chi connectivity index (χ1) is 8.98. The second-order valence-electron chi connectivity index (χ2n) is 5.24. The van der Waals surface area contributed by atoms with Crippen molar-refractivity contribution in [3.8, 4) is 0 Å². The summed E-state index contributed by atoms with van der Waals surface area (Å²) < 4.78 is 37.8. The van der Waals surface area contributed by atoms with Gasteiger partial charge in [-0.15, -0.1) is 12.4 Å². The average molecular weight is 340 g/mol. The number of nitrogens with one attached hydrogen (secondary N) is 2. The Morgan fingerprint density at radius 3 is 2.43 bits per heavy atom. The third kappa shape index (κ3) is 7.26. The monoisotopic (exact) mass is 339 g/mol. The van der Waals surface area contributed by atoms with Crippen LogP contribution >= 0.6 is 12.4 Å². The van der Waals surface area contributed by atoms with Crippen molar-refractivity contribution in [3.05, 3.63) is 29.6 Å². The third-order valence-electron chi connectivity index (χ3n) is 2.23. The van der Waals surface area contributed by atoms with Gasteiger partial charge in [-0.1, -0.05) is 0 Å². The highest BCUT2D eigenvalue weighted by molar-refractivity contribution is 7.92. The fourth-order valence-corrected chi connectivity index (χ4v) is 1.97. The van der Waals surface area contributed by atoms with Crippen LogP contribution in [0, 0.1) is 5.82 Å². The Balaban J connectivity index is 0.00000400. The van der Waals surface area contributed by atoms with Crippen LogP contribution in [-0.2, 0) is 10.0 Å². The van der Waals surface area contributed by atoms with E-state index in [1.54, 1.807) is 13.8 Å². The zero-order valence-corrected chi connectivity index (χ0v) is 13.6. The first-order valence-electron chi connectivity index (χ1n) is 5.82. The van der Waals surface area contributed by atoms with Gasteiger partial charge in [0, 0.05) is 12.1 Å². The predicted molar refractivity (Wildman–Crippen MR) is 82.7 cm³/mol. The molecule has 1 rings (SSSR count). The normalized spacial score (nSPS) is 11.5. The summed E-state index contributed by atoms with van der Waals surface area (Å²) >= 11 is 0. The van der Waals surface area contributed by atoms with E-state index in [-0.39, 0.29) is 30.2 Å². The van der Waals surface area contributed by atoms with Crippen molar-refractivity contribution in [1.29, 1.82) is 0 Å². The number of benzene rings is 1. The van der Waals surface area contributed by atoms with Crippen molar-refractivity contribution in [1.82, 2.24) is 5.32 Å². The minimum absolute atomic E-state index is 0. The first kappa shape index (κ1) is 19.6. The van der Waals surface area contributed by atoms with E-state index >= 15 is 0 Å². The summed E-state index contributed by atoms with van der Waals surface area (Å²) in [5.74, 6) is -1.24. The summed E-state index contributed by atoms with van der Waals surface area (Å²) in [6, 6.07) is 3.22. The van der Waals surface area contributed by atoms with E-state index in [1.807, 2.05) is 0 Å². The molecule has 120 valence electrons. The number of amides is 1. The maximum absolute atomic E-state index is 13.2. The second kappa shape index (κ2) is 7.06. The number of carbonyl (C=O) groups is 1. The molecule has 0 saturated carbocycles. The van der Waals surface area contributed by atoms with E-state index in [4.69, 9.17) is 5.73 Å². The molecule has 1 aromatic rings. The predicted octanol–water partition coefficient (Wildman–Crippen LogP) is 1.09. The molecule has 0 bridgehead atoms. The summed E-state index contributed by atoms with van der Waals surface area (Å²) in [6.45, 7) is 3.60. The number of carbonyl (C=O) groups excluding carboxylic acids is 1. The molecule has 0 heterocycles. The van der Waals surface area contributed by atoms with Gasteiger partial charge in [0.15, 0.2) is 0 Å². The molecule has 0 aliphatic heterocycles. The van der Waals surface area contributed by atoms with Gasteiger partial charge in [0.1, 0.15) is 5.82 Å². The van der Waals surface area contributed by atoms with Crippen molar-refractivity contribution in [3.63, 3.8) is 0 Å². The molecule has 0 unspecified atom stereocenters. The van der Waals surface area contributed by atoms with E-state index in [9.17, 15) is 17.6 Å². The average Bonchev–Trinajstić information content (AvgIpc) is 2.25. The number of anilines is 1. The summed E-state index contributed by atoms with van der Waals surface area (Å²) in [5.41, 5.74) is 5.02. The van der Waals surface area contributed by atoms with Crippen LogP contribution < -0.4 is 15.8 Å². The number of hydrogen-bond donors (Lipinski definition) is 3. The number of rotatable bonds is 5. The van der Waals surface area contributed by atoms with Gasteiger partial charge in [0.2, 0.25) is 10.0 Å². The number of hydrogen-bond acceptors (Lipinski definition) is 4. The first-order valence-corrected chi connectivity index (χ1v) is 7.71. The van der Waals surface area contributed by atoms with Crippen LogP contribution in [0.4, 0.5) is 10.1 Å². The third-order valence-corrected chi connectivity index (χ3v) is 2.82. The lowest BCUT2D eigenvalue weighted by atomic mass is 10.1. The molecule has 0 fully saturated rings. The van der Waals surface area contributed by atoms with Crippen LogP contribution in [0.5, 0.6) is 0 Å². The number of halogens is 2. The fraction of sp³-hybridized carbons (Fsp3) is 0.417. The fourth-order valence-electron chi connectivity index (χ4n) is 1.40. The van der Waals surface area contributed by atoms with Gasteiger partial charge in [-0.3, -0.25) is 9.52 Å². The van der Waals surface area contributed by atoms with Crippen molar-refractivity contribution in [2.24, 2.45) is 5.73 Å². The van der Waals surface area contributed by atoms with E-state index in [0.717, 1.165) is 18.4 Å². The topological polar surface area (TPSA) is 101 Å². The highest BCUT2D eigenvalue weighted by Crippen LogP contribution is 2.18. The SMILES string of the molecule is CC(C)(N)CNC(=O)c1cc(F)ccc1NS(C)(=O)=O.Cl. The Bertz CT molecular complexity index is 615. The number of sulfonamides is 1. The highest BCUT2D eigenvalue weighted by Gasteiger charge is 2.18. The molecule has 0 aliphatic rings. The van der Waals surface area contributed by atoms with Crippen LogP contribution in [-0.4, -0.2) is 32.7 Å². The largest absolute Gasteiger partial charge is 0.350 e. The Labute approximate surface area is 129 Å². The molecule has 1 amide bonds. The van der Waals surface area contributed by atoms with E-state index < -0.39 is 27.3 Å². The Morgan fingerprint density at radius 1 is 1.38 bits per heavy atom. The standard InChI is InChI=1S/C12H18FN3O3S.ClH/c1-12(2,14)7-15-11(17)9-6-8(13)4-5-10(9)16-20(3,18)19;/h4-6,16H,7,14H2,1-3H3,(H,15,17);1H. The van der Waals surface area contributed by atoms with E-state index in [0.29, 0.717) is 0 Å². The molecule has 6 nitrogen and oxygen atoms in total. The molecule has 21 heavy (non-hydrogen) atoms. The molecule has 4 N–H and O–H groups in total. The molecule has 0 aromatic heterocycles. The molecule has 1 aromatic carbocycles. The minimum Gasteiger partial charge on any atom is -0.350 e. The minimum atomic E-state index is -3.57. The van der Waals surface area contributed by atoms with E-state index in [2.05, 4.69) is 10.0 Å². The van der Waals surface area contributed by atoms with Crippen molar-refractivity contribution in [2.75, 3.05) is 17.5 Å². The lowest BCUT2D eigenvalue weighted by Crippen LogP contribution is -2.45. The molecular formula is C12H19ClFN3O3S. The van der Waals surface area contributed by atoms with Gasteiger partial charge in [-0.25, -0.2) is 12.8 Å². The lowest BCUT2D eigenvalue weighted by Gasteiger charge is -2.19. The van der Waals surface area contributed by atoms with Gasteiger partial charge in [0.25, 0.3) is 5.91 Å². The lowest BCUT2D eigenvalue weighted by molar-refractivity contribution is 0.0946. The van der Waals surface area contributed by atoms with E-state index in [1.165, 1.54) is 6.07 Å². The molecule has 0 spiro atoms. The summed E-state index contributed by atoms with van der Waals surface area (Å²) in [6.07, 6.45) is 0.945. The summed E-state index contributed by atoms with van der Waals surface area (Å²) in [5, 5.41) is 2.53. The Morgan fingerprint density at radius 2 is 1.95 bits per heavy atom. The summed E-state index contributed by atoms with van der Waals surface area (Å²) in [4.78, 5) is 12.0. The van der Waals surface area contributed by atoms with Crippen LogP contribution in [0.25, 0.3) is 0 Å². The zero-order valence-electron chi connectivity index (χ0n) is 11.9. The van der Waals surface area contributed by atoms with Gasteiger partial charge in [-0.2, -0.15) is 0 Å². The highest BCUT2D eigenvalue weighted by atomic mass is 35.5. The summed E-state index contributed by atoms with van der Waals surface area (Å²) in [7, 11) is -3.57. The Hall–Kier alpha value is -1.38.